The van der Waals surface area contributed by atoms with Crippen molar-refractivity contribution in [3.05, 3.63) is 11.3 Å². The summed E-state index contributed by atoms with van der Waals surface area (Å²) in [6.07, 6.45) is 0.611. The molecule has 3 aliphatic rings. The number of carbonyl (C=O) groups excluding carboxylic acids is 2. The number of amides is 1. The summed E-state index contributed by atoms with van der Waals surface area (Å²) in [5, 5.41) is 0. The average Bonchev–Trinajstić information content (AvgIpc) is 3.03. The first kappa shape index (κ1) is 19.1. The van der Waals surface area contributed by atoms with Gasteiger partial charge >= 0.3 is 5.97 Å². The molecule has 0 bridgehead atoms. The van der Waals surface area contributed by atoms with Gasteiger partial charge in [-0.15, -0.1) is 0 Å². The van der Waals surface area contributed by atoms with Crippen LogP contribution < -0.4 is 0 Å². The molecule has 0 aromatic carbocycles. The quantitative estimate of drug-likeness (QED) is 0.618. The topological polar surface area (TPSA) is 71.6 Å². The van der Waals surface area contributed by atoms with Crippen molar-refractivity contribution in [2.45, 2.75) is 19.4 Å². The van der Waals surface area contributed by atoms with Crippen molar-refractivity contribution < 1.29 is 23.8 Å². The van der Waals surface area contributed by atoms with Crippen LogP contribution in [0.25, 0.3) is 0 Å². The van der Waals surface area contributed by atoms with Crippen molar-refractivity contribution in [1.82, 2.24) is 14.7 Å². The van der Waals surface area contributed by atoms with E-state index in [2.05, 4.69) is 9.80 Å². The minimum absolute atomic E-state index is 0.00521. The highest BCUT2D eigenvalue weighted by atomic mass is 16.5. The molecule has 3 heterocycles. The maximum Gasteiger partial charge on any atom is 0.337 e. The van der Waals surface area contributed by atoms with E-state index in [0.29, 0.717) is 50.6 Å². The van der Waals surface area contributed by atoms with Crippen LogP contribution in [0.2, 0.25) is 0 Å². The Labute approximate surface area is 154 Å². The Morgan fingerprint density at radius 1 is 1.08 bits per heavy atom. The first-order valence-corrected chi connectivity index (χ1v) is 9.31. The molecule has 8 heteroatoms. The van der Waals surface area contributed by atoms with Gasteiger partial charge < -0.3 is 19.1 Å². The molecule has 3 rings (SSSR count). The van der Waals surface area contributed by atoms with E-state index >= 15 is 0 Å². The molecule has 0 saturated carbocycles. The third-order valence-electron chi connectivity index (χ3n) is 5.28. The Morgan fingerprint density at radius 2 is 1.73 bits per heavy atom. The number of nitrogens with zero attached hydrogens (tertiary/aromatic N) is 3. The van der Waals surface area contributed by atoms with Crippen LogP contribution in [0.15, 0.2) is 11.3 Å². The number of piperazine rings is 1. The third kappa shape index (κ3) is 4.75. The first-order chi connectivity index (χ1) is 12.6. The van der Waals surface area contributed by atoms with E-state index in [1.54, 1.807) is 0 Å². The number of morpholine rings is 1. The molecule has 8 nitrogen and oxygen atoms in total. The van der Waals surface area contributed by atoms with E-state index in [-0.39, 0.29) is 18.0 Å². The molecule has 2 fully saturated rings. The van der Waals surface area contributed by atoms with Crippen molar-refractivity contribution in [3.8, 4) is 0 Å². The van der Waals surface area contributed by atoms with Crippen LogP contribution in [0.3, 0.4) is 0 Å². The van der Waals surface area contributed by atoms with Crippen molar-refractivity contribution in [2.75, 3.05) is 72.7 Å². The Morgan fingerprint density at radius 3 is 2.38 bits per heavy atom. The first-order valence-electron chi connectivity index (χ1n) is 9.31. The van der Waals surface area contributed by atoms with Crippen molar-refractivity contribution in [3.63, 3.8) is 0 Å². The Balaban J connectivity index is 1.38. The number of hydrogen-bond donors (Lipinski definition) is 0. The smallest absolute Gasteiger partial charge is 0.337 e. The molecule has 1 amide bonds. The summed E-state index contributed by atoms with van der Waals surface area (Å²) in [5.74, 6) is 0.580. The van der Waals surface area contributed by atoms with E-state index in [1.807, 2.05) is 11.8 Å². The van der Waals surface area contributed by atoms with Gasteiger partial charge in [0.15, 0.2) is 0 Å². The molecule has 26 heavy (non-hydrogen) atoms. The molecule has 0 aliphatic carbocycles. The van der Waals surface area contributed by atoms with Gasteiger partial charge in [0.1, 0.15) is 11.9 Å². The van der Waals surface area contributed by atoms with Gasteiger partial charge in [0.05, 0.1) is 32.4 Å². The van der Waals surface area contributed by atoms with Crippen molar-refractivity contribution >= 4 is 11.9 Å². The third-order valence-corrected chi connectivity index (χ3v) is 5.28. The second kappa shape index (κ2) is 8.83. The molecule has 0 aromatic heterocycles. The van der Waals surface area contributed by atoms with Gasteiger partial charge in [0.2, 0.25) is 5.91 Å². The lowest BCUT2D eigenvalue weighted by Crippen LogP contribution is -2.52. The van der Waals surface area contributed by atoms with Gasteiger partial charge in [0.25, 0.3) is 0 Å². The number of esters is 1. The minimum atomic E-state index is -0.295. The van der Waals surface area contributed by atoms with Gasteiger partial charge in [-0.1, -0.05) is 0 Å². The summed E-state index contributed by atoms with van der Waals surface area (Å²) < 4.78 is 15.9. The SMILES string of the molecule is COC(=O)C1=C(C)O[C@H](CN2CCN(CC(=O)N3CCOCC3)CC2)C1. The van der Waals surface area contributed by atoms with Crippen LogP contribution in [-0.4, -0.2) is 105 Å². The second-order valence-corrected chi connectivity index (χ2v) is 7.04. The average molecular weight is 367 g/mol. The fourth-order valence-corrected chi connectivity index (χ4v) is 3.71. The summed E-state index contributed by atoms with van der Waals surface area (Å²) >= 11 is 0. The Bertz CT molecular complexity index is 551. The highest BCUT2D eigenvalue weighted by Gasteiger charge is 2.31. The zero-order valence-electron chi connectivity index (χ0n) is 15.7. The maximum atomic E-state index is 12.3. The zero-order valence-corrected chi connectivity index (χ0v) is 15.7. The fraction of sp³-hybridized carbons (Fsp3) is 0.778. The summed E-state index contributed by atoms with van der Waals surface area (Å²) in [5.41, 5.74) is 0.646. The molecular weight excluding hydrogens is 338 g/mol. The molecule has 0 spiro atoms. The predicted octanol–water partition coefficient (Wildman–Crippen LogP) is -0.301. The van der Waals surface area contributed by atoms with Gasteiger partial charge in [-0.3, -0.25) is 14.6 Å². The van der Waals surface area contributed by atoms with Crippen LogP contribution in [0, 0.1) is 0 Å². The summed E-state index contributed by atoms with van der Waals surface area (Å²) in [4.78, 5) is 30.5. The molecular formula is C18H29N3O5. The lowest BCUT2D eigenvalue weighted by Gasteiger charge is -2.36. The van der Waals surface area contributed by atoms with Crippen molar-refractivity contribution in [1.29, 1.82) is 0 Å². The minimum Gasteiger partial charge on any atom is -0.493 e. The highest BCUT2D eigenvalue weighted by molar-refractivity contribution is 5.89. The van der Waals surface area contributed by atoms with Crippen LogP contribution in [0.5, 0.6) is 0 Å². The normalized spacial score (nSPS) is 25.3. The molecule has 0 aromatic rings. The number of rotatable bonds is 5. The molecule has 0 radical (unpaired) electrons. The van der Waals surface area contributed by atoms with Crippen LogP contribution in [0.4, 0.5) is 0 Å². The van der Waals surface area contributed by atoms with E-state index in [9.17, 15) is 9.59 Å². The summed E-state index contributed by atoms with van der Waals surface area (Å²) in [6, 6.07) is 0. The lowest BCUT2D eigenvalue weighted by molar-refractivity contribution is -0.137. The van der Waals surface area contributed by atoms with Crippen molar-refractivity contribution in [2.24, 2.45) is 0 Å². The second-order valence-electron chi connectivity index (χ2n) is 7.04. The predicted molar refractivity (Wildman–Crippen MR) is 94.5 cm³/mol. The highest BCUT2D eigenvalue weighted by Crippen LogP contribution is 2.26. The zero-order chi connectivity index (χ0) is 18.5. The van der Waals surface area contributed by atoms with Crippen LogP contribution in [0.1, 0.15) is 13.3 Å². The van der Waals surface area contributed by atoms with Crippen LogP contribution in [-0.2, 0) is 23.8 Å². The van der Waals surface area contributed by atoms with E-state index in [0.717, 1.165) is 32.7 Å². The van der Waals surface area contributed by atoms with Gasteiger partial charge in [-0.05, 0) is 6.92 Å². The largest absolute Gasteiger partial charge is 0.493 e. The number of allylic oxidation sites excluding steroid dienone is 1. The standard InChI is InChI=1S/C18H29N3O5/c1-14-16(18(23)24-2)11-15(26-14)12-19-3-5-20(6-4-19)13-17(22)21-7-9-25-10-8-21/h15H,3-13H2,1-2H3/t15-/m0/s1. The monoisotopic (exact) mass is 367 g/mol. The molecule has 2 saturated heterocycles. The molecule has 146 valence electrons. The van der Waals surface area contributed by atoms with E-state index in [4.69, 9.17) is 14.2 Å². The lowest BCUT2D eigenvalue weighted by atomic mass is 10.1. The summed E-state index contributed by atoms with van der Waals surface area (Å²) in [6.45, 7) is 9.35. The number of methoxy groups -OCH3 is 1. The molecule has 3 aliphatic heterocycles. The Kier molecular flexibility index (Phi) is 6.50. The van der Waals surface area contributed by atoms with E-state index < -0.39 is 0 Å². The number of ether oxygens (including phenoxy) is 3. The number of carbonyl (C=O) groups is 2. The molecule has 0 unspecified atom stereocenters. The van der Waals surface area contributed by atoms with Gasteiger partial charge in [0, 0.05) is 52.2 Å². The molecule has 0 N–H and O–H groups in total. The maximum absolute atomic E-state index is 12.3. The Hall–Kier alpha value is -1.64. The van der Waals surface area contributed by atoms with Crippen LogP contribution >= 0.6 is 0 Å². The van der Waals surface area contributed by atoms with Gasteiger partial charge in [-0.25, -0.2) is 4.79 Å². The van der Waals surface area contributed by atoms with Gasteiger partial charge in [-0.2, -0.15) is 0 Å². The number of hydrogen-bond acceptors (Lipinski definition) is 7. The fourth-order valence-electron chi connectivity index (χ4n) is 3.71. The molecule has 1 atom stereocenters. The summed E-state index contributed by atoms with van der Waals surface area (Å²) in [7, 11) is 1.40. The van der Waals surface area contributed by atoms with E-state index in [1.165, 1.54) is 7.11 Å².